The third kappa shape index (κ3) is 5.83. The lowest BCUT2D eigenvalue weighted by atomic mass is 9.51. The van der Waals surface area contributed by atoms with Crippen molar-refractivity contribution >= 4 is 62.2 Å². The second kappa shape index (κ2) is 13.8. The molecule has 0 N–H and O–H groups in total. The van der Waals surface area contributed by atoms with Gasteiger partial charge in [-0.1, -0.05) is 126 Å². The molecule has 4 aliphatic rings. The van der Waals surface area contributed by atoms with Crippen LogP contribution in [-0.2, 0) is 37.1 Å². The van der Waals surface area contributed by atoms with E-state index in [0.717, 1.165) is 50.1 Å². The second-order valence-electron chi connectivity index (χ2n) is 13.4. The summed E-state index contributed by atoms with van der Waals surface area (Å²) in [6.45, 7) is 4.73. The minimum Gasteiger partial charge on any atom is -0.289 e. The molecule has 5 nitrogen and oxygen atoms in total. The average Bonchev–Trinajstić information content (AvgIpc) is 3.16. The quantitative estimate of drug-likeness (QED) is 0.156. The fourth-order valence-corrected chi connectivity index (χ4v) is 10.0. The van der Waals surface area contributed by atoms with E-state index in [4.69, 9.17) is 0 Å². The summed E-state index contributed by atoms with van der Waals surface area (Å²) in [6.07, 6.45) is 0. The van der Waals surface area contributed by atoms with Gasteiger partial charge in [-0.3, -0.25) is 24.0 Å². The van der Waals surface area contributed by atoms with Gasteiger partial charge >= 0.3 is 0 Å². The zero-order valence-electron chi connectivity index (χ0n) is 29.2. The first-order valence-electron chi connectivity index (χ1n) is 17.2. The maximum absolute atomic E-state index is 13.7. The fourth-order valence-electron chi connectivity index (χ4n) is 8.17. The largest absolute Gasteiger partial charge is 0.289 e. The highest BCUT2D eigenvalue weighted by Crippen LogP contribution is 2.61. The van der Waals surface area contributed by atoms with Gasteiger partial charge in [0.1, 0.15) is 5.41 Å². The Labute approximate surface area is 320 Å². The number of hydrogen-bond donors (Lipinski definition) is 0. The smallest absolute Gasteiger partial charge is 0.194 e. The van der Waals surface area contributed by atoms with Crippen molar-refractivity contribution in [3.63, 3.8) is 0 Å². The molecule has 9 rings (SSSR count). The molecule has 5 aromatic carbocycles. The molecule has 8 heteroatoms. The molecule has 0 unspecified atom stereocenters. The van der Waals surface area contributed by atoms with Crippen LogP contribution in [0.1, 0.15) is 114 Å². The van der Waals surface area contributed by atoms with Gasteiger partial charge in [0, 0.05) is 71.8 Å². The van der Waals surface area contributed by atoms with E-state index >= 15 is 0 Å². The molecule has 0 saturated heterocycles. The monoisotopic (exact) mass is 748 g/mol. The molecule has 0 saturated carbocycles. The standard InChI is InChI=1S/C45H32O5S3/c1-25(46)51-22-29-9-6-14-36-39(29)42-40-30(23-52-26(2)47)10-7-15-37(40)45(36,38-16-8-11-31(41(38)42)24-53-27(3)48)20-19-28-17-18-34-35(21-28)44(50)33-13-5-4-12-32(33)43(34)49/h4-18,21,42H,22-24H2,1-3H3. The summed E-state index contributed by atoms with van der Waals surface area (Å²) >= 11 is 3.81. The van der Waals surface area contributed by atoms with Gasteiger partial charge in [-0.25, -0.2) is 0 Å². The van der Waals surface area contributed by atoms with Gasteiger partial charge in [0.25, 0.3) is 0 Å². The summed E-state index contributed by atoms with van der Waals surface area (Å²) in [7, 11) is 0. The number of carbonyl (C=O) groups excluding carboxylic acids is 5. The molecule has 2 bridgehead atoms. The SMILES string of the molecule is CC(=O)SCc1cccc2c1C1c3c(CSC(C)=O)cccc3C2(C#Cc2ccc3c(c2)C(=O)c2ccccc2C3=O)c2cccc(CSC(C)=O)c21. The first-order valence-corrected chi connectivity index (χ1v) is 20.2. The second-order valence-corrected chi connectivity index (χ2v) is 16.8. The summed E-state index contributed by atoms with van der Waals surface area (Å²) < 4.78 is 0. The van der Waals surface area contributed by atoms with E-state index in [0.29, 0.717) is 45.1 Å². The zero-order valence-corrected chi connectivity index (χ0v) is 31.7. The number of carbonyl (C=O) groups is 5. The van der Waals surface area contributed by atoms with Crippen LogP contribution in [0.2, 0.25) is 0 Å². The van der Waals surface area contributed by atoms with Gasteiger partial charge in [-0.2, -0.15) is 0 Å². The van der Waals surface area contributed by atoms with Gasteiger partial charge in [-0.15, -0.1) is 0 Å². The minimum absolute atomic E-state index is 0.0269. The van der Waals surface area contributed by atoms with E-state index in [1.165, 1.54) is 35.3 Å². The number of ketones is 2. The Morgan fingerprint density at radius 1 is 0.547 bits per heavy atom. The Morgan fingerprint density at radius 3 is 1.40 bits per heavy atom. The van der Waals surface area contributed by atoms with Gasteiger partial charge in [0.05, 0.1) is 0 Å². The van der Waals surface area contributed by atoms with Crippen LogP contribution in [0.3, 0.4) is 0 Å². The molecule has 0 atom stereocenters. The van der Waals surface area contributed by atoms with Crippen molar-refractivity contribution in [2.45, 2.75) is 49.4 Å². The Balaban J connectivity index is 1.41. The molecule has 0 amide bonds. The number of rotatable bonds is 6. The third-order valence-corrected chi connectivity index (χ3v) is 12.9. The van der Waals surface area contributed by atoms with Crippen molar-refractivity contribution in [2.24, 2.45) is 0 Å². The highest BCUT2D eigenvalue weighted by Gasteiger charge is 2.53. The Bertz CT molecular complexity index is 2350. The van der Waals surface area contributed by atoms with Crippen molar-refractivity contribution in [3.8, 4) is 11.8 Å². The Hall–Kier alpha value is -4.94. The highest BCUT2D eigenvalue weighted by molar-refractivity contribution is 8.13. The lowest BCUT2D eigenvalue weighted by molar-refractivity contribution is -0.109. The fraction of sp³-hybridized carbons (Fsp3) is 0.178. The van der Waals surface area contributed by atoms with Crippen molar-refractivity contribution in [3.05, 3.63) is 175 Å². The summed E-state index contributed by atoms with van der Waals surface area (Å²) in [6, 6.07) is 30.9. The molecular formula is C45H32O5S3. The topological polar surface area (TPSA) is 85.3 Å². The Kier molecular flexibility index (Phi) is 9.14. The van der Waals surface area contributed by atoms with Gasteiger partial charge in [-0.05, 0) is 68.3 Å². The molecule has 0 fully saturated rings. The molecular weight excluding hydrogens is 717 g/mol. The van der Waals surface area contributed by atoms with E-state index in [1.54, 1.807) is 63.2 Å². The first-order chi connectivity index (χ1) is 25.6. The molecule has 5 aromatic rings. The summed E-state index contributed by atoms with van der Waals surface area (Å²) in [5.74, 6) is 8.12. The maximum Gasteiger partial charge on any atom is 0.194 e. The van der Waals surface area contributed by atoms with Crippen LogP contribution in [0.4, 0.5) is 0 Å². The van der Waals surface area contributed by atoms with Crippen molar-refractivity contribution in [1.82, 2.24) is 0 Å². The van der Waals surface area contributed by atoms with E-state index in [9.17, 15) is 24.0 Å². The van der Waals surface area contributed by atoms with E-state index in [1.807, 2.05) is 18.2 Å². The molecule has 0 heterocycles. The minimum atomic E-state index is -0.970. The predicted octanol–water partition coefficient (Wildman–Crippen LogP) is 8.99. The predicted molar refractivity (Wildman–Crippen MR) is 213 cm³/mol. The van der Waals surface area contributed by atoms with Crippen LogP contribution in [0.15, 0.2) is 97.1 Å². The first kappa shape index (κ1) is 35.1. The van der Waals surface area contributed by atoms with Crippen LogP contribution >= 0.6 is 35.3 Å². The third-order valence-electron chi connectivity index (χ3n) is 10.3. The molecule has 0 aliphatic heterocycles. The lowest BCUT2D eigenvalue weighted by Crippen LogP contribution is -2.43. The van der Waals surface area contributed by atoms with Crippen molar-refractivity contribution < 1.29 is 24.0 Å². The lowest BCUT2D eigenvalue weighted by Gasteiger charge is -2.50. The number of thioether (sulfide) groups is 3. The van der Waals surface area contributed by atoms with Gasteiger partial charge < -0.3 is 0 Å². The molecule has 0 radical (unpaired) electrons. The van der Waals surface area contributed by atoms with Gasteiger partial charge in [0.2, 0.25) is 0 Å². The molecule has 0 spiro atoms. The normalized spacial score (nSPS) is 17.1. The average molecular weight is 749 g/mol. The van der Waals surface area contributed by atoms with Gasteiger partial charge in [0.15, 0.2) is 26.9 Å². The molecule has 0 aromatic heterocycles. The van der Waals surface area contributed by atoms with Crippen molar-refractivity contribution in [1.29, 1.82) is 0 Å². The van der Waals surface area contributed by atoms with Crippen LogP contribution in [0, 0.1) is 11.8 Å². The van der Waals surface area contributed by atoms with E-state index in [2.05, 4.69) is 48.2 Å². The van der Waals surface area contributed by atoms with Crippen LogP contribution in [-0.4, -0.2) is 26.9 Å². The molecule has 53 heavy (non-hydrogen) atoms. The number of hydrogen-bond acceptors (Lipinski definition) is 8. The number of fused-ring (bicyclic) bond motifs is 2. The maximum atomic E-state index is 13.7. The highest BCUT2D eigenvalue weighted by atomic mass is 32.2. The van der Waals surface area contributed by atoms with Crippen molar-refractivity contribution in [2.75, 3.05) is 0 Å². The number of benzene rings is 5. The van der Waals surface area contributed by atoms with Crippen LogP contribution < -0.4 is 0 Å². The summed E-state index contributed by atoms with van der Waals surface area (Å²) in [5, 5.41) is 0.0806. The summed E-state index contributed by atoms with van der Waals surface area (Å²) in [5.41, 5.74) is 10.6. The molecule has 4 aliphatic carbocycles. The Morgan fingerprint density at radius 2 is 0.962 bits per heavy atom. The van der Waals surface area contributed by atoms with E-state index < -0.39 is 5.41 Å². The van der Waals surface area contributed by atoms with Crippen LogP contribution in [0.5, 0.6) is 0 Å². The van der Waals surface area contributed by atoms with E-state index in [-0.39, 0.29) is 32.8 Å². The van der Waals surface area contributed by atoms with Crippen LogP contribution in [0.25, 0.3) is 0 Å². The zero-order chi connectivity index (χ0) is 37.0. The summed E-state index contributed by atoms with van der Waals surface area (Å²) in [4.78, 5) is 64.0. The molecule has 260 valence electrons.